The Kier molecular flexibility index (Phi) is 4.46. The first-order valence-electron chi connectivity index (χ1n) is 7.14. The first-order valence-corrected chi connectivity index (χ1v) is 7.14. The third-order valence-corrected chi connectivity index (χ3v) is 3.99. The maximum atomic E-state index is 5.67. The molecular weight excluding hydrogens is 224 g/mol. The molecule has 102 valence electrons. The first-order chi connectivity index (χ1) is 8.63. The highest BCUT2D eigenvalue weighted by Gasteiger charge is 2.32. The molecule has 1 saturated heterocycles. The maximum absolute atomic E-state index is 5.67. The van der Waals surface area contributed by atoms with Crippen molar-refractivity contribution in [3.63, 3.8) is 0 Å². The smallest absolute Gasteiger partial charge is 0.122 e. The van der Waals surface area contributed by atoms with Gasteiger partial charge in [0.15, 0.2) is 0 Å². The lowest BCUT2D eigenvalue weighted by Crippen LogP contribution is -2.37. The van der Waals surface area contributed by atoms with Crippen molar-refractivity contribution in [2.75, 3.05) is 13.1 Å². The van der Waals surface area contributed by atoms with E-state index >= 15 is 0 Å². The van der Waals surface area contributed by atoms with Gasteiger partial charge in [-0.05, 0) is 52.3 Å². The van der Waals surface area contributed by atoms with E-state index in [1.807, 2.05) is 6.26 Å². The molecular formula is C15H26N2O. The van der Waals surface area contributed by atoms with Gasteiger partial charge in [-0.25, -0.2) is 0 Å². The van der Waals surface area contributed by atoms with Crippen LogP contribution in [-0.2, 0) is 13.1 Å². The topological polar surface area (TPSA) is 28.4 Å². The zero-order valence-electron chi connectivity index (χ0n) is 12.0. The molecule has 3 heteroatoms. The van der Waals surface area contributed by atoms with Crippen molar-refractivity contribution in [2.45, 2.75) is 58.7 Å². The van der Waals surface area contributed by atoms with Crippen LogP contribution in [0.25, 0.3) is 0 Å². The SMILES string of the molecule is CCCNCc1ccoc1CN1CCCC1(C)C. The zero-order chi connectivity index (χ0) is 13.0. The quantitative estimate of drug-likeness (QED) is 0.786. The standard InChI is InChI=1S/C15H26N2O/c1-4-8-16-11-13-6-10-18-14(13)12-17-9-5-7-15(17,2)3/h6,10,16H,4-5,7-9,11-12H2,1-3H3. The molecule has 0 aliphatic carbocycles. The molecule has 1 aliphatic rings. The van der Waals surface area contributed by atoms with E-state index in [2.05, 4.69) is 37.1 Å². The Morgan fingerprint density at radius 2 is 2.28 bits per heavy atom. The fourth-order valence-electron chi connectivity index (χ4n) is 2.69. The highest BCUT2D eigenvalue weighted by atomic mass is 16.3. The van der Waals surface area contributed by atoms with Crippen molar-refractivity contribution in [3.05, 3.63) is 23.7 Å². The maximum Gasteiger partial charge on any atom is 0.122 e. The van der Waals surface area contributed by atoms with E-state index in [1.54, 1.807) is 0 Å². The molecule has 1 aromatic rings. The minimum Gasteiger partial charge on any atom is -0.468 e. The summed E-state index contributed by atoms with van der Waals surface area (Å²) in [5, 5.41) is 3.44. The molecule has 3 nitrogen and oxygen atoms in total. The molecule has 0 spiro atoms. The van der Waals surface area contributed by atoms with Gasteiger partial charge in [0.2, 0.25) is 0 Å². The Morgan fingerprint density at radius 1 is 1.44 bits per heavy atom. The lowest BCUT2D eigenvalue weighted by atomic mass is 10.0. The number of nitrogens with zero attached hydrogens (tertiary/aromatic N) is 1. The van der Waals surface area contributed by atoms with E-state index in [0.717, 1.165) is 25.4 Å². The summed E-state index contributed by atoms with van der Waals surface area (Å²) in [6, 6.07) is 2.10. The second kappa shape index (κ2) is 5.89. The Bertz CT molecular complexity index is 370. The van der Waals surface area contributed by atoms with Gasteiger partial charge < -0.3 is 9.73 Å². The lowest BCUT2D eigenvalue weighted by Gasteiger charge is -2.31. The summed E-state index contributed by atoms with van der Waals surface area (Å²) in [6.45, 7) is 11.0. The van der Waals surface area contributed by atoms with Gasteiger partial charge in [0.25, 0.3) is 0 Å². The number of nitrogens with one attached hydrogen (secondary N) is 1. The molecule has 0 saturated carbocycles. The van der Waals surface area contributed by atoms with E-state index in [4.69, 9.17) is 4.42 Å². The molecule has 0 atom stereocenters. The number of hydrogen-bond acceptors (Lipinski definition) is 3. The van der Waals surface area contributed by atoms with Crippen molar-refractivity contribution in [1.82, 2.24) is 10.2 Å². The average Bonchev–Trinajstić information content (AvgIpc) is 2.88. The predicted molar refractivity (Wildman–Crippen MR) is 74.4 cm³/mol. The van der Waals surface area contributed by atoms with Crippen molar-refractivity contribution in [3.8, 4) is 0 Å². The average molecular weight is 250 g/mol. The minimum absolute atomic E-state index is 0.320. The van der Waals surface area contributed by atoms with Crippen LogP contribution in [0.3, 0.4) is 0 Å². The van der Waals surface area contributed by atoms with Crippen LogP contribution in [0.15, 0.2) is 16.7 Å². The summed E-state index contributed by atoms with van der Waals surface area (Å²) in [6.07, 6.45) is 5.59. The molecule has 1 aliphatic heterocycles. The predicted octanol–water partition coefficient (Wildman–Crippen LogP) is 3.15. The Morgan fingerprint density at radius 3 is 2.94 bits per heavy atom. The van der Waals surface area contributed by atoms with E-state index in [-0.39, 0.29) is 0 Å². The van der Waals surface area contributed by atoms with Crippen molar-refractivity contribution < 1.29 is 4.42 Å². The lowest BCUT2D eigenvalue weighted by molar-refractivity contribution is 0.153. The largest absolute Gasteiger partial charge is 0.468 e. The van der Waals surface area contributed by atoms with Gasteiger partial charge in [-0.15, -0.1) is 0 Å². The van der Waals surface area contributed by atoms with Crippen LogP contribution in [0.5, 0.6) is 0 Å². The second-order valence-corrected chi connectivity index (χ2v) is 5.88. The fraction of sp³-hybridized carbons (Fsp3) is 0.733. The minimum atomic E-state index is 0.320. The molecule has 1 fully saturated rings. The van der Waals surface area contributed by atoms with Crippen LogP contribution in [0.2, 0.25) is 0 Å². The zero-order valence-corrected chi connectivity index (χ0v) is 12.0. The summed E-state index contributed by atoms with van der Waals surface area (Å²) in [7, 11) is 0. The van der Waals surface area contributed by atoms with Crippen molar-refractivity contribution in [2.24, 2.45) is 0 Å². The van der Waals surface area contributed by atoms with E-state index in [9.17, 15) is 0 Å². The van der Waals surface area contributed by atoms with E-state index in [0.29, 0.717) is 5.54 Å². The van der Waals surface area contributed by atoms with Gasteiger partial charge in [-0.2, -0.15) is 0 Å². The first kappa shape index (κ1) is 13.6. The number of hydrogen-bond donors (Lipinski definition) is 1. The van der Waals surface area contributed by atoms with Gasteiger partial charge in [0, 0.05) is 17.6 Å². The van der Waals surface area contributed by atoms with Crippen LogP contribution < -0.4 is 5.32 Å². The molecule has 1 aromatic heterocycles. The molecule has 1 N–H and O–H groups in total. The Labute approximate surface area is 111 Å². The molecule has 0 amide bonds. The molecule has 0 radical (unpaired) electrons. The van der Waals surface area contributed by atoms with Crippen LogP contribution in [0.1, 0.15) is 51.4 Å². The summed E-state index contributed by atoms with van der Waals surface area (Å²) in [5.41, 5.74) is 1.63. The van der Waals surface area contributed by atoms with Crippen LogP contribution in [0.4, 0.5) is 0 Å². The Balaban J connectivity index is 1.95. The number of likely N-dealkylation sites (tertiary alicyclic amines) is 1. The van der Waals surface area contributed by atoms with Gasteiger partial charge in [-0.3, -0.25) is 4.90 Å². The van der Waals surface area contributed by atoms with Crippen LogP contribution in [-0.4, -0.2) is 23.5 Å². The van der Waals surface area contributed by atoms with Crippen LogP contribution >= 0.6 is 0 Å². The summed E-state index contributed by atoms with van der Waals surface area (Å²) < 4.78 is 5.67. The molecule has 0 unspecified atom stereocenters. The molecule has 0 aromatic carbocycles. The molecule has 0 bridgehead atoms. The van der Waals surface area contributed by atoms with Gasteiger partial charge in [0.1, 0.15) is 5.76 Å². The van der Waals surface area contributed by atoms with Crippen LogP contribution in [0, 0.1) is 0 Å². The van der Waals surface area contributed by atoms with Gasteiger partial charge >= 0.3 is 0 Å². The Hall–Kier alpha value is -0.800. The van der Waals surface area contributed by atoms with E-state index in [1.165, 1.54) is 31.4 Å². The fourth-order valence-corrected chi connectivity index (χ4v) is 2.69. The normalized spacial score (nSPS) is 19.5. The highest BCUT2D eigenvalue weighted by molar-refractivity contribution is 5.17. The third-order valence-electron chi connectivity index (χ3n) is 3.99. The summed E-state index contributed by atoms with van der Waals surface area (Å²) >= 11 is 0. The summed E-state index contributed by atoms with van der Waals surface area (Å²) in [4.78, 5) is 2.54. The monoisotopic (exact) mass is 250 g/mol. The van der Waals surface area contributed by atoms with Crippen molar-refractivity contribution in [1.29, 1.82) is 0 Å². The van der Waals surface area contributed by atoms with E-state index < -0.39 is 0 Å². The highest BCUT2D eigenvalue weighted by Crippen LogP contribution is 2.30. The molecule has 2 heterocycles. The summed E-state index contributed by atoms with van der Waals surface area (Å²) in [5.74, 6) is 1.13. The molecule has 2 rings (SSSR count). The third kappa shape index (κ3) is 3.15. The number of rotatable bonds is 6. The van der Waals surface area contributed by atoms with Crippen molar-refractivity contribution >= 4 is 0 Å². The second-order valence-electron chi connectivity index (χ2n) is 5.88. The molecule has 18 heavy (non-hydrogen) atoms. The van der Waals surface area contributed by atoms with Gasteiger partial charge in [-0.1, -0.05) is 6.92 Å². The number of furan rings is 1. The van der Waals surface area contributed by atoms with Gasteiger partial charge in [0.05, 0.1) is 12.8 Å².